The minimum Gasteiger partial charge on any atom is -0.342 e. The number of rotatable bonds is 2. The normalized spacial score (nSPS) is 43.7. The zero-order chi connectivity index (χ0) is 21.1. The first-order chi connectivity index (χ1) is 14.3. The van der Waals surface area contributed by atoms with E-state index in [0.717, 1.165) is 36.3 Å². The highest BCUT2D eigenvalue weighted by Crippen LogP contribution is 2.67. The molecule has 5 rings (SSSR count). The maximum atomic E-state index is 12.4. The Morgan fingerprint density at radius 2 is 1.87 bits per heavy atom. The Bertz CT molecular complexity index is 848. The predicted octanol–water partition coefficient (Wildman–Crippen LogP) is 5.96. The monoisotopic (exact) mass is 406 g/mol. The number of carbonyl (C=O) groups is 1. The summed E-state index contributed by atoms with van der Waals surface area (Å²) in [7, 11) is 2.06. The van der Waals surface area contributed by atoms with Crippen LogP contribution in [0, 0.1) is 34.5 Å². The second-order valence-corrected chi connectivity index (χ2v) is 11.3. The second-order valence-electron chi connectivity index (χ2n) is 11.3. The summed E-state index contributed by atoms with van der Waals surface area (Å²) in [6.07, 6.45) is 14.0. The Hall–Kier alpha value is -1.64. The van der Waals surface area contributed by atoms with E-state index in [-0.39, 0.29) is 0 Å². The van der Waals surface area contributed by atoms with Gasteiger partial charge in [0.1, 0.15) is 0 Å². The number of likely N-dealkylation sites (tertiary alicyclic amines) is 1. The van der Waals surface area contributed by atoms with Crippen molar-refractivity contribution in [3.05, 3.63) is 35.7 Å². The summed E-state index contributed by atoms with van der Waals surface area (Å²) >= 11 is 0. The molecule has 0 unspecified atom stereocenters. The minimum atomic E-state index is 0.323. The average Bonchev–Trinajstić information content (AvgIpc) is 3.09. The van der Waals surface area contributed by atoms with Crippen molar-refractivity contribution in [2.24, 2.45) is 34.5 Å². The molecule has 4 aliphatic rings. The van der Waals surface area contributed by atoms with Crippen LogP contribution in [0.2, 0.25) is 0 Å². The first-order valence-corrected chi connectivity index (χ1v) is 12.2. The molecule has 3 nitrogen and oxygen atoms in total. The molecular weight excluding hydrogens is 368 g/mol. The van der Waals surface area contributed by atoms with Gasteiger partial charge >= 0.3 is 0 Å². The second kappa shape index (κ2) is 7.21. The first kappa shape index (κ1) is 20.3. The summed E-state index contributed by atoms with van der Waals surface area (Å²) in [4.78, 5) is 19.0. The number of carbonyl (C=O) groups excluding carboxylic acids is 1. The van der Waals surface area contributed by atoms with Gasteiger partial charge in [-0.1, -0.05) is 25.5 Å². The number of hydrogen-bond donors (Lipinski definition) is 0. The molecule has 1 saturated heterocycles. The van der Waals surface area contributed by atoms with Gasteiger partial charge in [0.25, 0.3) is 0 Å². The van der Waals surface area contributed by atoms with Crippen molar-refractivity contribution in [2.45, 2.75) is 78.2 Å². The van der Waals surface area contributed by atoms with Crippen molar-refractivity contribution in [1.82, 2.24) is 9.88 Å². The molecular formula is C27H38N2O. The number of allylic oxidation sites excluding steroid dienone is 1. The Labute approximate surface area is 182 Å². The molecule has 3 saturated carbocycles. The lowest BCUT2D eigenvalue weighted by Gasteiger charge is -2.62. The minimum absolute atomic E-state index is 0.323. The molecule has 1 aliphatic heterocycles. The Morgan fingerprint density at radius 3 is 2.63 bits per heavy atom. The van der Waals surface area contributed by atoms with Crippen molar-refractivity contribution < 1.29 is 4.79 Å². The summed E-state index contributed by atoms with van der Waals surface area (Å²) in [6, 6.07) is 6.67. The van der Waals surface area contributed by atoms with Gasteiger partial charge in [-0.3, -0.25) is 9.78 Å². The van der Waals surface area contributed by atoms with Crippen molar-refractivity contribution in [3.63, 3.8) is 0 Å². The highest BCUT2D eigenvalue weighted by molar-refractivity contribution is 5.77. The van der Waals surface area contributed by atoms with Gasteiger partial charge in [-0.2, -0.15) is 0 Å². The maximum Gasteiger partial charge on any atom is 0.222 e. The van der Waals surface area contributed by atoms with E-state index in [4.69, 9.17) is 0 Å². The van der Waals surface area contributed by atoms with Crippen LogP contribution in [-0.2, 0) is 4.79 Å². The number of hydrogen-bond acceptors (Lipinski definition) is 2. The summed E-state index contributed by atoms with van der Waals surface area (Å²) in [5, 5.41) is 0. The summed E-state index contributed by atoms with van der Waals surface area (Å²) in [6.45, 7) is 7.48. The SMILES string of the molecule is C/C(=C/c1ccccn1)[C@H]1CC[C@H]2[C@@H]3CC[C@H]4N(C)C(=O)CC[C@]4(C)[C@H]3CC[C@]12C. The molecule has 0 aromatic carbocycles. The van der Waals surface area contributed by atoms with E-state index in [1.165, 1.54) is 44.1 Å². The van der Waals surface area contributed by atoms with Gasteiger partial charge in [-0.05, 0) is 105 Å². The molecule has 0 bridgehead atoms. The van der Waals surface area contributed by atoms with Gasteiger partial charge in [0.15, 0.2) is 0 Å². The van der Waals surface area contributed by atoms with E-state index < -0.39 is 0 Å². The van der Waals surface area contributed by atoms with Crippen LogP contribution in [0.4, 0.5) is 0 Å². The van der Waals surface area contributed by atoms with Crippen molar-refractivity contribution in [2.75, 3.05) is 7.05 Å². The lowest BCUT2D eigenvalue weighted by Crippen LogP contribution is -2.61. The van der Waals surface area contributed by atoms with Crippen LogP contribution < -0.4 is 0 Å². The smallest absolute Gasteiger partial charge is 0.222 e. The number of fused-ring (bicyclic) bond motifs is 5. The van der Waals surface area contributed by atoms with E-state index in [1.807, 2.05) is 12.3 Å². The van der Waals surface area contributed by atoms with Crippen molar-refractivity contribution >= 4 is 12.0 Å². The van der Waals surface area contributed by atoms with Gasteiger partial charge in [0.05, 0.1) is 5.69 Å². The predicted molar refractivity (Wildman–Crippen MR) is 122 cm³/mol. The molecule has 4 fully saturated rings. The van der Waals surface area contributed by atoms with Crippen LogP contribution >= 0.6 is 0 Å². The fourth-order valence-corrected chi connectivity index (χ4v) is 8.69. The zero-order valence-corrected chi connectivity index (χ0v) is 19.2. The summed E-state index contributed by atoms with van der Waals surface area (Å²) < 4.78 is 0. The third kappa shape index (κ3) is 2.91. The van der Waals surface area contributed by atoms with E-state index >= 15 is 0 Å². The molecule has 3 heteroatoms. The number of nitrogens with zero attached hydrogens (tertiary/aromatic N) is 2. The van der Waals surface area contributed by atoms with Crippen LogP contribution in [0.3, 0.4) is 0 Å². The quantitative estimate of drug-likeness (QED) is 0.607. The summed E-state index contributed by atoms with van der Waals surface area (Å²) in [5.41, 5.74) is 3.37. The molecule has 30 heavy (non-hydrogen) atoms. The number of aromatic nitrogens is 1. The Morgan fingerprint density at radius 1 is 1.07 bits per heavy atom. The molecule has 1 amide bonds. The fraction of sp³-hybridized carbons (Fsp3) is 0.704. The fourth-order valence-electron chi connectivity index (χ4n) is 8.69. The van der Waals surface area contributed by atoms with E-state index in [0.29, 0.717) is 28.7 Å². The molecule has 0 radical (unpaired) electrons. The van der Waals surface area contributed by atoms with Crippen molar-refractivity contribution in [3.8, 4) is 0 Å². The van der Waals surface area contributed by atoms with Gasteiger partial charge < -0.3 is 4.90 Å². The standard InChI is InChI=1S/C27H38N2O/c1-18(17-19-7-5-6-16-28-19)21-9-10-22-20-8-11-24-27(3,15-13-25(30)29(24)4)23(20)12-14-26(21,22)2/h5-7,16-17,20-24H,8-15H2,1-4H3/b18-17-/t20-,21+,22-,23-,24+,26+,27+/m0/s1. The van der Waals surface area contributed by atoms with Gasteiger partial charge in [-0.15, -0.1) is 0 Å². The van der Waals surface area contributed by atoms with Gasteiger partial charge in [0.2, 0.25) is 5.91 Å². The first-order valence-electron chi connectivity index (χ1n) is 12.2. The third-order valence-electron chi connectivity index (χ3n) is 10.2. The lowest BCUT2D eigenvalue weighted by atomic mass is 9.46. The van der Waals surface area contributed by atoms with Crippen LogP contribution in [0.1, 0.15) is 77.8 Å². The Kier molecular flexibility index (Phi) is 4.87. The van der Waals surface area contributed by atoms with Crippen LogP contribution in [-0.4, -0.2) is 28.9 Å². The molecule has 2 heterocycles. The van der Waals surface area contributed by atoms with Gasteiger partial charge in [0, 0.05) is 25.7 Å². The molecule has 0 spiro atoms. The van der Waals surface area contributed by atoms with E-state index in [2.05, 4.69) is 55.9 Å². The molecule has 7 atom stereocenters. The number of amides is 1. The number of pyridine rings is 1. The topological polar surface area (TPSA) is 33.2 Å². The molecule has 0 N–H and O–H groups in total. The molecule has 162 valence electrons. The lowest BCUT2D eigenvalue weighted by molar-refractivity contribution is -0.157. The van der Waals surface area contributed by atoms with Crippen LogP contribution in [0.15, 0.2) is 30.0 Å². The van der Waals surface area contributed by atoms with Gasteiger partial charge in [-0.25, -0.2) is 0 Å². The Balaban J connectivity index is 1.40. The van der Waals surface area contributed by atoms with E-state index in [1.54, 1.807) is 0 Å². The molecule has 1 aromatic rings. The van der Waals surface area contributed by atoms with Crippen LogP contribution in [0.5, 0.6) is 0 Å². The van der Waals surface area contributed by atoms with Crippen LogP contribution in [0.25, 0.3) is 6.08 Å². The highest BCUT2D eigenvalue weighted by atomic mass is 16.2. The largest absolute Gasteiger partial charge is 0.342 e. The zero-order valence-electron chi connectivity index (χ0n) is 19.2. The van der Waals surface area contributed by atoms with E-state index in [9.17, 15) is 4.79 Å². The molecule has 3 aliphatic carbocycles. The maximum absolute atomic E-state index is 12.4. The number of piperidine rings is 1. The average molecular weight is 407 g/mol. The highest BCUT2D eigenvalue weighted by Gasteiger charge is 2.61. The summed E-state index contributed by atoms with van der Waals surface area (Å²) in [5.74, 6) is 3.54. The van der Waals surface area contributed by atoms with Crippen molar-refractivity contribution in [1.29, 1.82) is 0 Å². The third-order valence-corrected chi connectivity index (χ3v) is 10.2. The molecule has 1 aromatic heterocycles.